The fourth-order valence-corrected chi connectivity index (χ4v) is 2.47. The summed E-state index contributed by atoms with van der Waals surface area (Å²) >= 11 is 1.25. The van der Waals surface area contributed by atoms with E-state index in [2.05, 4.69) is 19.7 Å². The van der Waals surface area contributed by atoms with Gasteiger partial charge in [-0.1, -0.05) is 11.8 Å². The molecule has 0 radical (unpaired) electrons. The number of aromatic nitrogens is 3. The van der Waals surface area contributed by atoms with Gasteiger partial charge in [-0.2, -0.15) is 0 Å². The quantitative estimate of drug-likeness (QED) is 0.742. The molecule has 0 amide bonds. The van der Waals surface area contributed by atoms with Crippen LogP contribution in [0.1, 0.15) is 24.7 Å². The summed E-state index contributed by atoms with van der Waals surface area (Å²) in [6.45, 7) is 0.925. The first-order valence-corrected chi connectivity index (χ1v) is 6.99. The molecule has 1 fully saturated rings. The smallest absolute Gasteiger partial charge is 0.313 e. The summed E-state index contributed by atoms with van der Waals surface area (Å²) in [5, 5.41) is 17.8. The second-order valence-electron chi connectivity index (χ2n) is 4.74. The molecule has 0 spiro atoms. The Morgan fingerprint density at radius 2 is 2.22 bits per heavy atom. The third-order valence-electron chi connectivity index (χ3n) is 2.75. The molecule has 1 aliphatic rings. The monoisotopic (exact) mass is 270 g/mol. The summed E-state index contributed by atoms with van der Waals surface area (Å²) in [4.78, 5) is 12.7. The summed E-state index contributed by atoms with van der Waals surface area (Å²) in [5.41, 5.74) is 0. The molecule has 1 heterocycles. The summed E-state index contributed by atoms with van der Waals surface area (Å²) in [6.07, 6.45) is 3.14. The molecule has 1 N–H and O–H groups in total. The Hall–Kier alpha value is -1.08. The first-order chi connectivity index (χ1) is 8.58. The van der Waals surface area contributed by atoms with E-state index >= 15 is 0 Å². The number of nitrogens with zero attached hydrogens (tertiary/aromatic N) is 4. The van der Waals surface area contributed by atoms with Crippen LogP contribution in [0.15, 0.2) is 5.16 Å². The van der Waals surface area contributed by atoms with Crippen molar-refractivity contribution in [3.63, 3.8) is 0 Å². The second kappa shape index (κ2) is 5.71. The third-order valence-corrected chi connectivity index (χ3v) is 3.68. The Balaban J connectivity index is 2.07. The predicted molar refractivity (Wildman–Crippen MR) is 68.9 cm³/mol. The van der Waals surface area contributed by atoms with Crippen molar-refractivity contribution in [2.75, 3.05) is 26.4 Å². The molecule has 0 atom stereocenters. The standard InChI is InChI=1S/C11H18N4O2S/c1-14(2)6-5-9-12-13-11(18-7-10(16)17)15(9)8-3-4-8/h8H,3-7H2,1-2H3,(H,16,17). The molecule has 0 aromatic carbocycles. The first-order valence-electron chi connectivity index (χ1n) is 6.01. The van der Waals surface area contributed by atoms with Gasteiger partial charge in [0.05, 0.1) is 5.75 Å². The van der Waals surface area contributed by atoms with Crippen molar-refractivity contribution >= 4 is 17.7 Å². The molecule has 0 unspecified atom stereocenters. The van der Waals surface area contributed by atoms with Crippen molar-refractivity contribution < 1.29 is 9.90 Å². The Morgan fingerprint density at radius 1 is 1.50 bits per heavy atom. The number of hydrogen-bond donors (Lipinski definition) is 1. The molecule has 1 saturated carbocycles. The van der Waals surface area contributed by atoms with Crippen LogP contribution in [0, 0.1) is 0 Å². The number of carboxylic acids is 1. The van der Waals surface area contributed by atoms with Crippen LogP contribution in [0.4, 0.5) is 0 Å². The number of aliphatic carboxylic acids is 1. The van der Waals surface area contributed by atoms with Crippen LogP contribution in [0.3, 0.4) is 0 Å². The molecule has 1 aromatic heterocycles. The minimum absolute atomic E-state index is 0.0402. The van der Waals surface area contributed by atoms with E-state index < -0.39 is 5.97 Å². The van der Waals surface area contributed by atoms with Gasteiger partial charge in [0.1, 0.15) is 5.82 Å². The van der Waals surface area contributed by atoms with E-state index in [1.165, 1.54) is 11.8 Å². The van der Waals surface area contributed by atoms with Gasteiger partial charge in [-0.15, -0.1) is 10.2 Å². The normalized spacial score (nSPS) is 15.3. The Labute approximate surface area is 110 Å². The van der Waals surface area contributed by atoms with Crippen LogP contribution in [0.2, 0.25) is 0 Å². The fraction of sp³-hybridized carbons (Fsp3) is 0.727. The van der Waals surface area contributed by atoms with Crippen molar-refractivity contribution in [3.05, 3.63) is 5.82 Å². The fourth-order valence-electron chi connectivity index (χ4n) is 1.73. The predicted octanol–water partition coefficient (Wildman–Crippen LogP) is 0.894. The number of carboxylic acid groups (broad SMARTS) is 1. The zero-order valence-corrected chi connectivity index (χ0v) is 11.5. The molecule has 2 rings (SSSR count). The molecule has 100 valence electrons. The van der Waals surface area contributed by atoms with Gasteiger partial charge in [-0.3, -0.25) is 4.79 Å². The lowest BCUT2D eigenvalue weighted by Crippen LogP contribution is -2.17. The van der Waals surface area contributed by atoms with Crippen molar-refractivity contribution in [1.29, 1.82) is 0 Å². The van der Waals surface area contributed by atoms with E-state index in [4.69, 9.17) is 5.11 Å². The first kappa shape index (κ1) is 13.4. The lowest BCUT2D eigenvalue weighted by atomic mass is 10.4. The topological polar surface area (TPSA) is 71.2 Å². The summed E-state index contributed by atoms with van der Waals surface area (Å²) in [6, 6.07) is 0.480. The summed E-state index contributed by atoms with van der Waals surface area (Å²) < 4.78 is 2.12. The van der Waals surface area contributed by atoms with Gasteiger partial charge in [0.25, 0.3) is 0 Å². The highest BCUT2D eigenvalue weighted by Gasteiger charge is 2.29. The number of thioether (sulfide) groups is 1. The summed E-state index contributed by atoms with van der Waals surface area (Å²) in [5.74, 6) is 0.192. The van der Waals surface area contributed by atoms with Crippen LogP contribution in [0.5, 0.6) is 0 Å². The Bertz CT molecular complexity index is 429. The SMILES string of the molecule is CN(C)CCc1nnc(SCC(=O)O)n1C1CC1. The molecule has 0 bridgehead atoms. The molecule has 6 nitrogen and oxygen atoms in total. The van der Waals surface area contributed by atoms with Crippen LogP contribution in [-0.2, 0) is 11.2 Å². The molecule has 18 heavy (non-hydrogen) atoms. The number of likely N-dealkylation sites (N-methyl/N-ethyl adjacent to an activating group) is 1. The Kier molecular flexibility index (Phi) is 4.23. The largest absolute Gasteiger partial charge is 0.481 e. The van der Waals surface area contributed by atoms with Gasteiger partial charge in [0, 0.05) is 19.0 Å². The highest BCUT2D eigenvalue weighted by Crippen LogP contribution is 2.38. The molecule has 0 saturated heterocycles. The maximum Gasteiger partial charge on any atom is 0.313 e. The van der Waals surface area contributed by atoms with Gasteiger partial charge >= 0.3 is 5.97 Å². The van der Waals surface area contributed by atoms with Gasteiger partial charge in [0.2, 0.25) is 0 Å². The van der Waals surface area contributed by atoms with Gasteiger partial charge < -0.3 is 14.6 Å². The van der Waals surface area contributed by atoms with Crippen LogP contribution in [-0.4, -0.2) is 57.1 Å². The Morgan fingerprint density at radius 3 is 2.78 bits per heavy atom. The molecule has 7 heteroatoms. The van der Waals surface area contributed by atoms with Crippen molar-refractivity contribution in [1.82, 2.24) is 19.7 Å². The number of carbonyl (C=O) groups is 1. The van der Waals surface area contributed by atoms with Crippen LogP contribution < -0.4 is 0 Å². The average molecular weight is 270 g/mol. The van der Waals surface area contributed by atoms with E-state index in [0.29, 0.717) is 6.04 Å². The average Bonchev–Trinajstić information content (AvgIpc) is 3.05. The minimum atomic E-state index is -0.819. The second-order valence-corrected chi connectivity index (χ2v) is 5.68. The van der Waals surface area contributed by atoms with E-state index in [-0.39, 0.29) is 5.75 Å². The van der Waals surface area contributed by atoms with E-state index in [1.54, 1.807) is 0 Å². The molecule has 1 aromatic rings. The maximum absolute atomic E-state index is 10.6. The zero-order valence-electron chi connectivity index (χ0n) is 10.7. The molecule has 0 aliphatic heterocycles. The minimum Gasteiger partial charge on any atom is -0.481 e. The van der Waals surface area contributed by atoms with E-state index in [1.807, 2.05) is 14.1 Å². The molecular weight excluding hydrogens is 252 g/mol. The molecular formula is C11H18N4O2S. The number of hydrogen-bond acceptors (Lipinski definition) is 5. The van der Waals surface area contributed by atoms with Gasteiger partial charge in [-0.25, -0.2) is 0 Å². The van der Waals surface area contributed by atoms with Crippen LogP contribution >= 0.6 is 11.8 Å². The highest BCUT2D eigenvalue weighted by molar-refractivity contribution is 7.99. The van der Waals surface area contributed by atoms with Crippen molar-refractivity contribution in [2.24, 2.45) is 0 Å². The van der Waals surface area contributed by atoms with E-state index in [0.717, 1.165) is 36.8 Å². The van der Waals surface area contributed by atoms with Gasteiger partial charge in [-0.05, 0) is 26.9 Å². The van der Waals surface area contributed by atoms with Gasteiger partial charge in [0.15, 0.2) is 5.16 Å². The number of rotatable bonds is 7. The zero-order chi connectivity index (χ0) is 13.1. The lowest BCUT2D eigenvalue weighted by molar-refractivity contribution is -0.133. The third kappa shape index (κ3) is 3.46. The van der Waals surface area contributed by atoms with Crippen molar-refractivity contribution in [3.8, 4) is 0 Å². The van der Waals surface area contributed by atoms with Crippen molar-refractivity contribution in [2.45, 2.75) is 30.5 Å². The van der Waals surface area contributed by atoms with Crippen LogP contribution in [0.25, 0.3) is 0 Å². The summed E-state index contributed by atoms with van der Waals surface area (Å²) in [7, 11) is 4.05. The maximum atomic E-state index is 10.6. The van der Waals surface area contributed by atoms with E-state index in [9.17, 15) is 4.79 Å². The lowest BCUT2D eigenvalue weighted by Gasteiger charge is -2.11. The molecule has 1 aliphatic carbocycles. The highest BCUT2D eigenvalue weighted by atomic mass is 32.2.